The summed E-state index contributed by atoms with van der Waals surface area (Å²) in [5, 5.41) is 23.0. The molecule has 10 nitrogen and oxygen atoms in total. The number of carbonyl (C=O) groups excluding carboxylic acids is 1. The zero-order chi connectivity index (χ0) is 23.5. The lowest BCUT2D eigenvalue weighted by atomic mass is 10.1. The second-order valence-corrected chi connectivity index (χ2v) is 8.67. The molecule has 0 aliphatic carbocycles. The quantitative estimate of drug-likeness (QED) is 0.203. The van der Waals surface area contributed by atoms with Crippen molar-refractivity contribution in [1.82, 2.24) is 9.97 Å². The minimum atomic E-state index is -0.766. The molecule has 0 aliphatic rings. The number of aromatic nitrogens is 2. The predicted molar refractivity (Wildman–Crippen MR) is 126 cm³/mol. The lowest BCUT2D eigenvalue weighted by molar-refractivity contribution is -0.394. The molecule has 12 heteroatoms. The number of non-ortho nitro benzene ring substituents is 2. The van der Waals surface area contributed by atoms with Gasteiger partial charge in [0.2, 0.25) is 0 Å². The van der Waals surface area contributed by atoms with Crippen LogP contribution in [0.1, 0.15) is 15.9 Å². The van der Waals surface area contributed by atoms with Crippen molar-refractivity contribution < 1.29 is 14.6 Å². The van der Waals surface area contributed by atoms with Crippen molar-refractivity contribution in [3.8, 4) is 0 Å². The monoisotopic (exact) mass is 481 g/mol. The number of thioether (sulfide) groups is 1. The van der Waals surface area contributed by atoms with Crippen molar-refractivity contribution in [2.45, 2.75) is 11.4 Å². The SMILES string of the molecule is CSc1cccc2sc(N(Cc3cccnc3)C(=O)c3cc([N+](=O)[O-])cc([N+](=O)[O-])c3)nc12. The van der Waals surface area contributed by atoms with Crippen LogP contribution in [0.2, 0.25) is 0 Å². The Morgan fingerprint density at radius 1 is 1.09 bits per heavy atom. The van der Waals surface area contributed by atoms with Crippen molar-refractivity contribution in [1.29, 1.82) is 0 Å². The Bertz CT molecular complexity index is 1340. The van der Waals surface area contributed by atoms with E-state index in [0.717, 1.165) is 33.3 Å². The third-order valence-electron chi connectivity index (χ3n) is 4.70. The number of hydrogen-bond donors (Lipinski definition) is 0. The molecule has 2 aromatic carbocycles. The van der Waals surface area contributed by atoms with E-state index in [2.05, 4.69) is 9.97 Å². The van der Waals surface area contributed by atoms with E-state index in [0.29, 0.717) is 10.7 Å². The van der Waals surface area contributed by atoms with E-state index in [1.807, 2.05) is 24.5 Å². The van der Waals surface area contributed by atoms with Crippen LogP contribution in [0.25, 0.3) is 10.2 Å². The van der Waals surface area contributed by atoms with Gasteiger partial charge in [0.25, 0.3) is 17.3 Å². The van der Waals surface area contributed by atoms with Gasteiger partial charge in [-0.3, -0.25) is 34.9 Å². The highest BCUT2D eigenvalue weighted by Crippen LogP contribution is 2.35. The Labute approximate surface area is 195 Å². The van der Waals surface area contributed by atoms with E-state index in [4.69, 9.17) is 0 Å². The van der Waals surface area contributed by atoms with Gasteiger partial charge in [0.1, 0.15) is 0 Å². The largest absolute Gasteiger partial charge is 0.279 e. The summed E-state index contributed by atoms with van der Waals surface area (Å²) < 4.78 is 0.867. The van der Waals surface area contributed by atoms with Gasteiger partial charge in [-0.1, -0.05) is 23.5 Å². The van der Waals surface area contributed by atoms with E-state index < -0.39 is 27.1 Å². The van der Waals surface area contributed by atoms with Gasteiger partial charge in [0.15, 0.2) is 5.13 Å². The first-order valence-electron chi connectivity index (χ1n) is 9.45. The Hall–Kier alpha value is -3.90. The molecule has 0 radical (unpaired) electrons. The summed E-state index contributed by atoms with van der Waals surface area (Å²) in [5.41, 5.74) is 0.184. The first kappa shape index (κ1) is 22.3. The van der Waals surface area contributed by atoms with Gasteiger partial charge < -0.3 is 0 Å². The Morgan fingerprint density at radius 3 is 2.42 bits per heavy atom. The lowest BCUT2D eigenvalue weighted by Crippen LogP contribution is -2.30. The summed E-state index contributed by atoms with van der Waals surface area (Å²) in [6, 6.07) is 12.1. The van der Waals surface area contributed by atoms with Crippen LogP contribution in [0.4, 0.5) is 16.5 Å². The number of hydrogen-bond acceptors (Lipinski definition) is 9. The van der Waals surface area contributed by atoms with Crippen LogP contribution in [0, 0.1) is 20.2 Å². The highest BCUT2D eigenvalue weighted by Gasteiger charge is 2.26. The van der Waals surface area contributed by atoms with Gasteiger partial charge in [0, 0.05) is 29.4 Å². The second kappa shape index (κ2) is 9.30. The lowest BCUT2D eigenvalue weighted by Gasteiger charge is -2.20. The van der Waals surface area contributed by atoms with Crippen molar-refractivity contribution in [2.75, 3.05) is 11.2 Å². The Kier molecular flexibility index (Phi) is 6.29. The number of thiazole rings is 1. The molecule has 33 heavy (non-hydrogen) atoms. The minimum Gasteiger partial charge on any atom is -0.279 e. The molecule has 0 aliphatic heterocycles. The Morgan fingerprint density at radius 2 is 1.82 bits per heavy atom. The number of para-hydroxylation sites is 1. The molecule has 0 saturated heterocycles. The highest BCUT2D eigenvalue weighted by molar-refractivity contribution is 7.98. The molecule has 4 aromatic rings. The molecule has 0 bridgehead atoms. The number of nitro benzene ring substituents is 2. The summed E-state index contributed by atoms with van der Waals surface area (Å²) in [6.07, 6.45) is 5.12. The van der Waals surface area contributed by atoms with Crippen LogP contribution in [0.15, 0.2) is 65.8 Å². The van der Waals surface area contributed by atoms with Crippen LogP contribution in [0.3, 0.4) is 0 Å². The maximum Gasteiger partial charge on any atom is 0.277 e. The number of rotatable bonds is 7. The van der Waals surface area contributed by atoms with Crippen LogP contribution >= 0.6 is 23.1 Å². The number of anilines is 1. The molecule has 0 unspecified atom stereocenters. The zero-order valence-electron chi connectivity index (χ0n) is 17.1. The topological polar surface area (TPSA) is 132 Å². The molecule has 0 fully saturated rings. The van der Waals surface area contributed by atoms with Gasteiger partial charge in [-0.15, -0.1) is 11.8 Å². The number of nitro groups is 2. The predicted octanol–water partition coefficient (Wildman–Crippen LogP) is 5.08. The molecule has 0 saturated carbocycles. The van der Waals surface area contributed by atoms with Crippen LogP contribution < -0.4 is 4.90 Å². The second-order valence-electron chi connectivity index (χ2n) is 6.81. The van der Waals surface area contributed by atoms with Crippen LogP contribution in [0.5, 0.6) is 0 Å². The molecule has 1 amide bonds. The maximum atomic E-state index is 13.6. The van der Waals surface area contributed by atoms with E-state index >= 15 is 0 Å². The first-order chi connectivity index (χ1) is 15.9. The number of pyridine rings is 1. The third kappa shape index (κ3) is 4.66. The Balaban J connectivity index is 1.84. The fourth-order valence-electron chi connectivity index (χ4n) is 3.18. The van der Waals surface area contributed by atoms with E-state index in [9.17, 15) is 25.0 Å². The summed E-state index contributed by atoms with van der Waals surface area (Å²) >= 11 is 2.81. The summed E-state index contributed by atoms with van der Waals surface area (Å²) in [5.74, 6) is -0.643. The first-order valence-corrected chi connectivity index (χ1v) is 11.5. The van der Waals surface area contributed by atoms with Gasteiger partial charge in [0.05, 0.1) is 38.2 Å². The van der Waals surface area contributed by atoms with E-state index in [1.165, 1.54) is 28.0 Å². The minimum absolute atomic E-state index is 0.0809. The average molecular weight is 482 g/mol. The molecule has 2 aromatic heterocycles. The number of carbonyl (C=O) groups is 1. The standard InChI is InChI=1S/C21H15N5O5S2/c1-32-17-5-2-6-18-19(17)23-21(33-18)24(12-13-4-3-7-22-11-13)20(27)14-8-15(25(28)29)10-16(9-14)26(30)31/h2-11H,12H2,1H3. The van der Waals surface area contributed by atoms with Gasteiger partial charge in [-0.05, 0) is 30.0 Å². The number of nitrogens with zero attached hydrogens (tertiary/aromatic N) is 5. The fourth-order valence-corrected chi connectivity index (χ4v) is 4.80. The summed E-state index contributed by atoms with van der Waals surface area (Å²) in [7, 11) is 0. The third-order valence-corrected chi connectivity index (χ3v) is 6.51. The van der Waals surface area contributed by atoms with Gasteiger partial charge >= 0.3 is 0 Å². The number of benzene rings is 2. The van der Waals surface area contributed by atoms with E-state index in [-0.39, 0.29) is 12.1 Å². The molecule has 166 valence electrons. The summed E-state index contributed by atoms with van der Waals surface area (Å²) in [4.78, 5) is 45.7. The molecule has 4 rings (SSSR count). The highest BCUT2D eigenvalue weighted by atomic mass is 32.2. The van der Waals surface area contributed by atoms with Gasteiger partial charge in [-0.2, -0.15) is 0 Å². The van der Waals surface area contributed by atoms with Gasteiger partial charge in [-0.25, -0.2) is 4.98 Å². The number of amides is 1. The smallest absolute Gasteiger partial charge is 0.277 e. The molecular weight excluding hydrogens is 466 g/mol. The van der Waals surface area contributed by atoms with E-state index in [1.54, 1.807) is 24.5 Å². The van der Waals surface area contributed by atoms with Crippen molar-refractivity contribution in [2.24, 2.45) is 0 Å². The normalized spacial score (nSPS) is 10.8. The van der Waals surface area contributed by atoms with Crippen molar-refractivity contribution in [3.05, 3.63) is 92.3 Å². The fraction of sp³-hybridized carbons (Fsp3) is 0.0952. The maximum absolute atomic E-state index is 13.6. The van der Waals surface area contributed by atoms with Crippen molar-refractivity contribution >= 4 is 55.7 Å². The molecule has 0 N–H and O–H groups in total. The molecule has 0 spiro atoms. The average Bonchev–Trinajstić information content (AvgIpc) is 3.26. The van der Waals surface area contributed by atoms with Crippen molar-refractivity contribution in [3.63, 3.8) is 0 Å². The zero-order valence-corrected chi connectivity index (χ0v) is 18.7. The molecule has 2 heterocycles. The number of fused-ring (bicyclic) bond motifs is 1. The summed E-state index contributed by atoms with van der Waals surface area (Å²) in [6.45, 7) is 0.0809. The van der Waals surface area contributed by atoms with Crippen LogP contribution in [-0.2, 0) is 6.54 Å². The molecular formula is C21H15N5O5S2. The van der Waals surface area contributed by atoms with Crippen LogP contribution in [-0.4, -0.2) is 32.0 Å². The molecule has 0 atom stereocenters.